The molecule has 2 aromatic carbocycles. The quantitative estimate of drug-likeness (QED) is 0.466. The topological polar surface area (TPSA) is 35.3 Å². The predicted octanol–water partition coefficient (Wildman–Crippen LogP) is 6.00. The minimum absolute atomic E-state index is 0.450. The Morgan fingerprint density at radius 3 is 2.67 bits per heavy atom. The van der Waals surface area contributed by atoms with Crippen LogP contribution in [-0.2, 0) is 6.42 Å². The largest absolute Gasteiger partial charge is 0.493 e. The van der Waals surface area contributed by atoms with Gasteiger partial charge in [-0.3, -0.25) is 0 Å². The van der Waals surface area contributed by atoms with Crippen LogP contribution in [0, 0.1) is 0 Å². The lowest BCUT2D eigenvalue weighted by molar-refractivity contribution is 0.308. The van der Waals surface area contributed by atoms with Crippen molar-refractivity contribution < 1.29 is 9.26 Å². The SMILES string of the molecule is CCCc1c(OCCC(C)Br)ccc2c(-c3ccccc3)noc12. The van der Waals surface area contributed by atoms with Crippen LogP contribution >= 0.6 is 15.9 Å². The van der Waals surface area contributed by atoms with Gasteiger partial charge in [0.2, 0.25) is 0 Å². The number of benzene rings is 2. The summed E-state index contributed by atoms with van der Waals surface area (Å²) in [6.07, 6.45) is 2.92. The summed E-state index contributed by atoms with van der Waals surface area (Å²) in [5.41, 5.74) is 3.93. The van der Waals surface area contributed by atoms with E-state index in [1.54, 1.807) is 0 Å². The second-order valence-corrected chi connectivity index (χ2v) is 7.55. The van der Waals surface area contributed by atoms with Crippen LogP contribution in [0.3, 0.4) is 0 Å². The number of hydrogen-bond donors (Lipinski definition) is 0. The number of aryl methyl sites for hydroxylation is 1. The Kier molecular flexibility index (Phi) is 5.56. The summed E-state index contributed by atoms with van der Waals surface area (Å²) in [6, 6.07) is 14.3. The molecule has 0 aliphatic heterocycles. The highest BCUT2D eigenvalue weighted by molar-refractivity contribution is 9.09. The van der Waals surface area contributed by atoms with Gasteiger partial charge in [0.1, 0.15) is 11.4 Å². The number of fused-ring (bicyclic) bond motifs is 1. The summed E-state index contributed by atoms with van der Waals surface area (Å²) in [5, 5.41) is 5.37. The van der Waals surface area contributed by atoms with E-state index in [1.807, 2.05) is 18.2 Å². The molecule has 1 unspecified atom stereocenters. The van der Waals surface area contributed by atoms with Gasteiger partial charge in [-0.05, 0) is 25.0 Å². The number of aromatic nitrogens is 1. The van der Waals surface area contributed by atoms with Crippen LogP contribution in [0.15, 0.2) is 47.0 Å². The second kappa shape index (κ2) is 7.84. The van der Waals surface area contributed by atoms with Gasteiger partial charge in [-0.1, -0.05) is 71.7 Å². The van der Waals surface area contributed by atoms with E-state index in [2.05, 4.69) is 59.2 Å². The van der Waals surface area contributed by atoms with Crippen LogP contribution < -0.4 is 4.74 Å². The molecule has 0 aliphatic carbocycles. The summed E-state index contributed by atoms with van der Waals surface area (Å²) in [5.74, 6) is 0.910. The first-order valence-corrected chi connectivity index (χ1v) is 9.35. The molecule has 4 heteroatoms. The van der Waals surface area contributed by atoms with Crippen molar-refractivity contribution in [1.29, 1.82) is 0 Å². The van der Waals surface area contributed by atoms with E-state index < -0.39 is 0 Å². The van der Waals surface area contributed by atoms with Crippen molar-refractivity contribution in [1.82, 2.24) is 5.16 Å². The van der Waals surface area contributed by atoms with Gasteiger partial charge in [-0.2, -0.15) is 0 Å². The normalized spacial score (nSPS) is 12.5. The number of nitrogens with zero attached hydrogens (tertiary/aromatic N) is 1. The van der Waals surface area contributed by atoms with Crippen molar-refractivity contribution in [2.24, 2.45) is 0 Å². The lowest BCUT2D eigenvalue weighted by atomic mass is 10.0. The van der Waals surface area contributed by atoms with E-state index in [0.717, 1.165) is 52.8 Å². The van der Waals surface area contributed by atoms with Gasteiger partial charge in [0.25, 0.3) is 0 Å². The van der Waals surface area contributed by atoms with Crippen LogP contribution in [0.1, 0.15) is 32.3 Å². The monoisotopic (exact) mass is 387 g/mol. The molecule has 3 nitrogen and oxygen atoms in total. The highest BCUT2D eigenvalue weighted by Crippen LogP contribution is 2.35. The van der Waals surface area contributed by atoms with Gasteiger partial charge in [0.05, 0.1) is 12.0 Å². The van der Waals surface area contributed by atoms with Crippen LogP contribution in [0.2, 0.25) is 0 Å². The summed E-state index contributed by atoms with van der Waals surface area (Å²) >= 11 is 3.56. The molecular formula is C20H22BrNO2. The van der Waals surface area contributed by atoms with Gasteiger partial charge in [0, 0.05) is 16.0 Å². The standard InChI is InChI=1S/C20H22BrNO2/c1-3-7-16-18(23-13-12-14(2)21)11-10-17-19(22-24-20(16)17)15-8-5-4-6-9-15/h4-6,8-11,14H,3,7,12-13H2,1-2H3. The van der Waals surface area contributed by atoms with E-state index in [9.17, 15) is 0 Å². The van der Waals surface area contributed by atoms with Crippen molar-refractivity contribution in [2.45, 2.75) is 37.9 Å². The Hall–Kier alpha value is -1.81. The Balaban J connectivity index is 1.99. The summed E-state index contributed by atoms with van der Waals surface area (Å²) in [7, 11) is 0. The fourth-order valence-corrected chi connectivity index (χ4v) is 2.99. The molecule has 1 heterocycles. The highest BCUT2D eigenvalue weighted by Gasteiger charge is 2.17. The molecule has 24 heavy (non-hydrogen) atoms. The molecule has 0 radical (unpaired) electrons. The maximum absolute atomic E-state index is 6.01. The molecule has 0 aliphatic rings. The second-order valence-electron chi connectivity index (χ2n) is 5.98. The highest BCUT2D eigenvalue weighted by atomic mass is 79.9. The summed E-state index contributed by atoms with van der Waals surface area (Å²) < 4.78 is 11.7. The molecule has 0 N–H and O–H groups in total. The minimum atomic E-state index is 0.450. The van der Waals surface area contributed by atoms with Crippen LogP contribution in [-0.4, -0.2) is 16.6 Å². The third-order valence-corrected chi connectivity index (χ3v) is 4.48. The van der Waals surface area contributed by atoms with E-state index in [0.29, 0.717) is 11.4 Å². The third-order valence-electron chi connectivity index (χ3n) is 4.02. The van der Waals surface area contributed by atoms with Crippen LogP contribution in [0.4, 0.5) is 0 Å². The molecule has 0 spiro atoms. The van der Waals surface area contributed by atoms with Crippen molar-refractivity contribution >= 4 is 26.9 Å². The van der Waals surface area contributed by atoms with Gasteiger partial charge >= 0.3 is 0 Å². The smallest absolute Gasteiger partial charge is 0.174 e. The average Bonchev–Trinajstić information content (AvgIpc) is 3.01. The lowest BCUT2D eigenvalue weighted by Gasteiger charge is -2.12. The van der Waals surface area contributed by atoms with E-state index in [4.69, 9.17) is 9.26 Å². The zero-order chi connectivity index (χ0) is 16.9. The molecule has 126 valence electrons. The first-order chi connectivity index (χ1) is 11.7. The molecule has 3 aromatic rings. The molecule has 0 fully saturated rings. The van der Waals surface area contributed by atoms with Crippen LogP contribution in [0.5, 0.6) is 5.75 Å². The van der Waals surface area contributed by atoms with Crippen molar-refractivity contribution in [2.75, 3.05) is 6.61 Å². The molecule has 1 atom stereocenters. The zero-order valence-corrected chi connectivity index (χ0v) is 15.7. The first kappa shape index (κ1) is 17.0. The fraction of sp³-hybridized carbons (Fsp3) is 0.350. The maximum atomic E-state index is 6.01. The van der Waals surface area contributed by atoms with Gasteiger partial charge in [-0.15, -0.1) is 0 Å². The molecule has 0 bridgehead atoms. The Bertz CT molecular complexity index is 796. The van der Waals surface area contributed by atoms with Gasteiger partial charge < -0.3 is 9.26 Å². The fourth-order valence-electron chi connectivity index (χ4n) is 2.80. The molecule has 0 saturated carbocycles. The summed E-state index contributed by atoms with van der Waals surface area (Å²) in [6.45, 7) is 4.98. The number of alkyl halides is 1. The summed E-state index contributed by atoms with van der Waals surface area (Å²) in [4.78, 5) is 0.450. The molecule has 1 aromatic heterocycles. The number of halogens is 1. The minimum Gasteiger partial charge on any atom is -0.493 e. The van der Waals surface area contributed by atoms with Crippen molar-refractivity contribution in [3.05, 3.63) is 48.0 Å². The van der Waals surface area contributed by atoms with Gasteiger partial charge in [0.15, 0.2) is 5.58 Å². The van der Waals surface area contributed by atoms with E-state index in [-0.39, 0.29) is 0 Å². The van der Waals surface area contributed by atoms with Crippen LogP contribution in [0.25, 0.3) is 22.2 Å². The first-order valence-electron chi connectivity index (χ1n) is 8.44. The lowest BCUT2D eigenvalue weighted by Crippen LogP contribution is -2.04. The number of ether oxygens (including phenoxy) is 1. The number of hydrogen-bond acceptors (Lipinski definition) is 3. The molecule has 0 saturated heterocycles. The molecule has 3 rings (SSSR count). The van der Waals surface area contributed by atoms with Crippen molar-refractivity contribution in [3.63, 3.8) is 0 Å². The zero-order valence-electron chi connectivity index (χ0n) is 14.1. The average molecular weight is 388 g/mol. The molecule has 0 amide bonds. The Morgan fingerprint density at radius 1 is 1.17 bits per heavy atom. The molecular weight excluding hydrogens is 366 g/mol. The Labute approximate surface area is 151 Å². The van der Waals surface area contributed by atoms with Crippen molar-refractivity contribution in [3.8, 4) is 17.0 Å². The maximum Gasteiger partial charge on any atom is 0.174 e. The van der Waals surface area contributed by atoms with E-state index >= 15 is 0 Å². The third kappa shape index (κ3) is 3.64. The van der Waals surface area contributed by atoms with Gasteiger partial charge in [-0.25, -0.2) is 0 Å². The predicted molar refractivity (Wildman–Crippen MR) is 102 cm³/mol. The number of rotatable bonds is 7. The Morgan fingerprint density at radius 2 is 1.96 bits per heavy atom. The van der Waals surface area contributed by atoms with E-state index in [1.165, 1.54) is 0 Å².